The zero-order valence-electron chi connectivity index (χ0n) is 17.5. The van der Waals surface area contributed by atoms with E-state index in [1.165, 1.54) is 0 Å². The Morgan fingerprint density at radius 3 is 2.42 bits per heavy atom. The lowest BCUT2D eigenvalue weighted by atomic mass is 9.81. The first-order chi connectivity index (χ1) is 15.1. The molecule has 2 bridgehead atoms. The van der Waals surface area contributed by atoms with Gasteiger partial charge in [0.2, 0.25) is 11.8 Å². The van der Waals surface area contributed by atoms with E-state index >= 15 is 0 Å². The Labute approximate surface area is 180 Å². The summed E-state index contributed by atoms with van der Waals surface area (Å²) >= 11 is 0. The third-order valence-corrected chi connectivity index (χ3v) is 5.34. The summed E-state index contributed by atoms with van der Waals surface area (Å²) in [6, 6.07) is 8.81. The van der Waals surface area contributed by atoms with Gasteiger partial charge in [-0.15, -0.1) is 0 Å². The van der Waals surface area contributed by atoms with Gasteiger partial charge in [-0.1, -0.05) is 12.2 Å². The molecule has 31 heavy (non-hydrogen) atoms. The highest BCUT2D eigenvalue weighted by atomic mass is 16.5. The molecule has 1 saturated heterocycles. The van der Waals surface area contributed by atoms with Gasteiger partial charge in [-0.3, -0.25) is 9.59 Å². The predicted molar refractivity (Wildman–Crippen MR) is 113 cm³/mol. The molecule has 0 spiro atoms. The van der Waals surface area contributed by atoms with E-state index in [0.717, 1.165) is 0 Å². The summed E-state index contributed by atoms with van der Waals surface area (Å²) in [5, 5.41) is 5.77. The molecule has 0 radical (unpaired) electrons. The molecule has 8 nitrogen and oxygen atoms in total. The Morgan fingerprint density at radius 2 is 1.74 bits per heavy atom. The van der Waals surface area contributed by atoms with Crippen LogP contribution in [0, 0.1) is 11.8 Å². The highest BCUT2D eigenvalue weighted by Crippen LogP contribution is 2.40. The Morgan fingerprint density at radius 1 is 1.00 bits per heavy atom. The van der Waals surface area contributed by atoms with Crippen molar-refractivity contribution in [1.29, 1.82) is 0 Å². The number of fused-ring (bicyclic) bond motifs is 2. The predicted octanol–water partition coefficient (Wildman–Crippen LogP) is 2.90. The molecule has 1 aromatic carbocycles. The van der Waals surface area contributed by atoms with E-state index in [9.17, 15) is 9.59 Å². The largest absolute Gasteiger partial charge is 0.494 e. The number of nitrogens with one attached hydrogen (secondary N) is 2. The number of carbonyl (C=O) groups excluding carboxylic acids is 2. The molecule has 1 aromatic heterocycles. The summed E-state index contributed by atoms with van der Waals surface area (Å²) in [6.45, 7) is 4.97. The molecule has 0 unspecified atom stereocenters. The molecule has 8 heteroatoms. The molecule has 2 amide bonds. The van der Waals surface area contributed by atoms with Crippen molar-refractivity contribution in [3.63, 3.8) is 0 Å². The van der Waals surface area contributed by atoms with Gasteiger partial charge in [0.15, 0.2) is 0 Å². The Hall–Kier alpha value is -3.26. The number of amides is 2. The summed E-state index contributed by atoms with van der Waals surface area (Å²) in [5.41, 5.74) is 0.499. The number of anilines is 1. The smallest absolute Gasteiger partial charge is 0.231 e. The van der Waals surface area contributed by atoms with Crippen molar-refractivity contribution in [3.05, 3.63) is 54.5 Å². The zero-order chi connectivity index (χ0) is 21.8. The number of carbonyl (C=O) groups is 2. The average Bonchev–Trinajstić information content (AvgIpc) is 3.51. The van der Waals surface area contributed by atoms with Crippen LogP contribution >= 0.6 is 0 Å². The summed E-state index contributed by atoms with van der Waals surface area (Å²) in [6.07, 6.45) is 4.35. The lowest BCUT2D eigenvalue weighted by Gasteiger charge is -2.24. The quantitative estimate of drug-likeness (QED) is 0.598. The maximum atomic E-state index is 13.3. The van der Waals surface area contributed by atoms with Crippen molar-refractivity contribution >= 4 is 17.5 Å². The van der Waals surface area contributed by atoms with E-state index in [4.69, 9.17) is 18.6 Å². The minimum absolute atomic E-state index is 0.249. The van der Waals surface area contributed by atoms with Gasteiger partial charge in [-0.05, 0) is 38.1 Å². The van der Waals surface area contributed by atoms with Gasteiger partial charge < -0.3 is 29.3 Å². The number of benzene rings is 1. The normalized spacial score (nSPS) is 23.5. The number of furan rings is 1. The van der Waals surface area contributed by atoms with Crippen LogP contribution in [0.15, 0.2) is 53.2 Å². The van der Waals surface area contributed by atoms with E-state index in [0.29, 0.717) is 36.2 Å². The van der Waals surface area contributed by atoms with Crippen LogP contribution in [0.1, 0.15) is 19.6 Å². The molecule has 3 heterocycles. The first-order valence-corrected chi connectivity index (χ1v) is 10.4. The second-order valence-corrected chi connectivity index (χ2v) is 7.31. The van der Waals surface area contributed by atoms with Crippen LogP contribution in [0.25, 0.3) is 0 Å². The second kappa shape index (κ2) is 9.26. The molecule has 2 aliphatic heterocycles. The molecule has 0 saturated carbocycles. The van der Waals surface area contributed by atoms with Crippen molar-refractivity contribution in [3.8, 4) is 11.5 Å². The lowest BCUT2D eigenvalue weighted by molar-refractivity contribution is -0.131. The standard InChI is InChI=1S/C23H26N2O6/c1-3-28-14-7-8-17(29-4-2)16(12-14)25-23(27)21-19-10-9-18(31-19)20(21)22(26)24-13-15-6-5-11-30-15/h5-12,18-21H,3-4,13H2,1-2H3,(H,24,26)(H,25,27)/t18-,19-,20-,21+/m0/s1. The summed E-state index contributed by atoms with van der Waals surface area (Å²) in [5.74, 6) is -0.0302. The Bertz CT molecular complexity index is 955. The topological polar surface area (TPSA) is 99.0 Å². The third-order valence-electron chi connectivity index (χ3n) is 5.34. The van der Waals surface area contributed by atoms with Gasteiger partial charge in [0.25, 0.3) is 0 Å². The molecule has 2 aliphatic rings. The fourth-order valence-corrected chi connectivity index (χ4v) is 4.00. The van der Waals surface area contributed by atoms with Crippen molar-refractivity contribution in [2.75, 3.05) is 18.5 Å². The number of rotatable bonds is 9. The first-order valence-electron chi connectivity index (χ1n) is 10.4. The maximum Gasteiger partial charge on any atom is 0.231 e. The second-order valence-electron chi connectivity index (χ2n) is 7.31. The van der Waals surface area contributed by atoms with Gasteiger partial charge in [0, 0.05) is 6.07 Å². The van der Waals surface area contributed by atoms with Crippen LogP contribution in [-0.2, 0) is 20.9 Å². The molecule has 2 aromatic rings. The SMILES string of the molecule is CCOc1ccc(OCC)c(NC(=O)[C@H]2[C@@H](C(=O)NCc3ccco3)[C@@H]3C=C[C@@H]2O3)c1. The fraction of sp³-hybridized carbons (Fsp3) is 0.391. The van der Waals surface area contributed by atoms with Crippen molar-refractivity contribution in [2.24, 2.45) is 11.8 Å². The number of hydrogen-bond donors (Lipinski definition) is 2. The van der Waals surface area contributed by atoms with Crippen LogP contribution in [0.2, 0.25) is 0 Å². The van der Waals surface area contributed by atoms with Crippen LogP contribution in [0.4, 0.5) is 5.69 Å². The molecule has 0 aliphatic carbocycles. The average molecular weight is 426 g/mol. The minimum Gasteiger partial charge on any atom is -0.494 e. The first kappa shape index (κ1) is 21.0. The molecule has 1 fully saturated rings. The number of hydrogen-bond acceptors (Lipinski definition) is 6. The van der Waals surface area contributed by atoms with Gasteiger partial charge in [-0.2, -0.15) is 0 Å². The molecule has 2 N–H and O–H groups in total. The van der Waals surface area contributed by atoms with E-state index in [1.807, 2.05) is 26.0 Å². The van der Waals surface area contributed by atoms with Gasteiger partial charge in [0.1, 0.15) is 17.3 Å². The van der Waals surface area contributed by atoms with Crippen LogP contribution < -0.4 is 20.1 Å². The van der Waals surface area contributed by atoms with Gasteiger partial charge >= 0.3 is 0 Å². The van der Waals surface area contributed by atoms with Crippen molar-refractivity contribution < 1.29 is 28.2 Å². The third kappa shape index (κ3) is 4.44. The Balaban J connectivity index is 1.50. The summed E-state index contributed by atoms with van der Waals surface area (Å²) in [4.78, 5) is 26.2. The maximum absolute atomic E-state index is 13.3. The summed E-state index contributed by atoms with van der Waals surface area (Å²) in [7, 11) is 0. The van der Waals surface area contributed by atoms with E-state index in [-0.39, 0.29) is 18.4 Å². The van der Waals surface area contributed by atoms with Crippen molar-refractivity contribution in [1.82, 2.24) is 5.32 Å². The molecular formula is C23H26N2O6. The van der Waals surface area contributed by atoms with Crippen molar-refractivity contribution in [2.45, 2.75) is 32.6 Å². The summed E-state index contributed by atoms with van der Waals surface area (Å²) < 4.78 is 22.3. The van der Waals surface area contributed by atoms with E-state index in [1.54, 1.807) is 36.6 Å². The van der Waals surface area contributed by atoms with E-state index in [2.05, 4.69) is 10.6 Å². The molecule has 4 rings (SSSR count). The fourth-order valence-electron chi connectivity index (χ4n) is 4.00. The van der Waals surface area contributed by atoms with Crippen LogP contribution in [-0.4, -0.2) is 37.2 Å². The minimum atomic E-state index is -0.656. The number of ether oxygens (including phenoxy) is 3. The van der Waals surface area contributed by atoms with Crippen LogP contribution in [0.5, 0.6) is 11.5 Å². The van der Waals surface area contributed by atoms with Gasteiger partial charge in [-0.25, -0.2) is 0 Å². The highest BCUT2D eigenvalue weighted by molar-refractivity contribution is 5.98. The monoisotopic (exact) mass is 426 g/mol. The lowest BCUT2D eigenvalue weighted by Crippen LogP contribution is -2.44. The van der Waals surface area contributed by atoms with E-state index < -0.39 is 24.0 Å². The Kier molecular flexibility index (Phi) is 6.27. The zero-order valence-corrected chi connectivity index (χ0v) is 17.5. The molecule has 164 valence electrons. The molecular weight excluding hydrogens is 400 g/mol. The van der Waals surface area contributed by atoms with Gasteiger partial charge in [0.05, 0.1) is 55.8 Å². The van der Waals surface area contributed by atoms with Crippen LogP contribution in [0.3, 0.4) is 0 Å². The highest BCUT2D eigenvalue weighted by Gasteiger charge is 2.53. The molecule has 4 atom stereocenters.